The highest BCUT2D eigenvalue weighted by molar-refractivity contribution is 14.0. The molecule has 0 amide bonds. The Hall–Kier alpha value is -2.10. The molecule has 0 atom stereocenters. The van der Waals surface area contributed by atoms with Crippen molar-refractivity contribution in [2.75, 3.05) is 56.6 Å². The van der Waals surface area contributed by atoms with Crippen molar-refractivity contribution in [1.82, 2.24) is 15.2 Å². The number of halogens is 2. The number of nitrogens with one attached hydrogen (secondary N) is 1. The number of aliphatic imine (C=N–C) groups is 1. The van der Waals surface area contributed by atoms with E-state index in [9.17, 15) is 4.39 Å². The SMILES string of the molecule is CCNC(=NCc1cccnc1N(C)C)N1CCN(c2ccc(F)cc2)CC1.I. The quantitative estimate of drug-likeness (QED) is 0.379. The van der Waals surface area contributed by atoms with E-state index in [1.54, 1.807) is 0 Å². The maximum Gasteiger partial charge on any atom is 0.194 e. The van der Waals surface area contributed by atoms with Crippen molar-refractivity contribution in [3.05, 3.63) is 54.0 Å². The highest BCUT2D eigenvalue weighted by atomic mass is 127. The number of aromatic nitrogens is 1. The number of guanidine groups is 1. The van der Waals surface area contributed by atoms with Crippen LogP contribution in [0.15, 0.2) is 47.6 Å². The van der Waals surface area contributed by atoms with Gasteiger partial charge in [0, 0.05) is 64.3 Å². The molecule has 1 aliphatic rings. The molecular formula is C21H30FIN6. The van der Waals surface area contributed by atoms with Crippen LogP contribution in [0.2, 0.25) is 0 Å². The van der Waals surface area contributed by atoms with Gasteiger partial charge in [0.05, 0.1) is 6.54 Å². The molecule has 2 heterocycles. The van der Waals surface area contributed by atoms with Gasteiger partial charge in [0.25, 0.3) is 0 Å². The lowest BCUT2D eigenvalue weighted by Crippen LogP contribution is -2.52. The molecule has 0 saturated carbocycles. The summed E-state index contributed by atoms with van der Waals surface area (Å²) in [5.41, 5.74) is 2.17. The van der Waals surface area contributed by atoms with E-state index in [2.05, 4.69) is 33.1 Å². The van der Waals surface area contributed by atoms with Gasteiger partial charge in [-0.25, -0.2) is 14.4 Å². The van der Waals surface area contributed by atoms with Crippen LogP contribution >= 0.6 is 24.0 Å². The molecule has 0 radical (unpaired) electrons. The lowest BCUT2D eigenvalue weighted by Gasteiger charge is -2.37. The molecule has 1 fully saturated rings. The minimum atomic E-state index is -0.198. The smallest absolute Gasteiger partial charge is 0.194 e. The second-order valence-corrected chi connectivity index (χ2v) is 7.00. The Kier molecular flexibility index (Phi) is 8.94. The lowest BCUT2D eigenvalue weighted by atomic mass is 10.2. The Bertz CT molecular complexity index is 788. The highest BCUT2D eigenvalue weighted by Crippen LogP contribution is 2.18. The minimum absolute atomic E-state index is 0. The van der Waals surface area contributed by atoms with Crippen LogP contribution in [0.25, 0.3) is 0 Å². The van der Waals surface area contributed by atoms with E-state index in [4.69, 9.17) is 4.99 Å². The zero-order chi connectivity index (χ0) is 19.9. The third-order valence-corrected chi connectivity index (χ3v) is 4.80. The van der Waals surface area contributed by atoms with Crippen LogP contribution in [0.3, 0.4) is 0 Å². The fourth-order valence-electron chi connectivity index (χ4n) is 3.37. The first kappa shape index (κ1) is 23.2. The van der Waals surface area contributed by atoms with Gasteiger partial charge in [0.15, 0.2) is 5.96 Å². The summed E-state index contributed by atoms with van der Waals surface area (Å²) in [6, 6.07) is 10.7. The molecule has 0 bridgehead atoms. The molecule has 0 unspecified atom stereocenters. The first-order chi connectivity index (χ1) is 13.6. The van der Waals surface area contributed by atoms with Crippen molar-refractivity contribution in [2.24, 2.45) is 4.99 Å². The number of hydrogen-bond acceptors (Lipinski definition) is 4. The van der Waals surface area contributed by atoms with E-state index in [1.807, 2.05) is 43.4 Å². The minimum Gasteiger partial charge on any atom is -0.368 e. The number of piperazine rings is 1. The Labute approximate surface area is 189 Å². The number of rotatable bonds is 5. The monoisotopic (exact) mass is 512 g/mol. The van der Waals surface area contributed by atoms with Crippen LogP contribution in [0.4, 0.5) is 15.9 Å². The highest BCUT2D eigenvalue weighted by Gasteiger charge is 2.20. The second-order valence-electron chi connectivity index (χ2n) is 7.00. The van der Waals surface area contributed by atoms with Gasteiger partial charge in [0.1, 0.15) is 11.6 Å². The fraction of sp³-hybridized carbons (Fsp3) is 0.429. The van der Waals surface area contributed by atoms with Crippen LogP contribution in [-0.2, 0) is 6.54 Å². The van der Waals surface area contributed by atoms with Crippen LogP contribution in [0.5, 0.6) is 0 Å². The second kappa shape index (κ2) is 11.2. The third-order valence-electron chi connectivity index (χ3n) is 4.80. The summed E-state index contributed by atoms with van der Waals surface area (Å²) in [4.78, 5) is 15.9. The largest absolute Gasteiger partial charge is 0.368 e. The zero-order valence-corrected chi connectivity index (χ0v) is 19.6. The number of hydrogen-bond donors (Lipinski definition) is 1. The number of pyridine rings is 1. The molecule has 1 aromatic heterocycles. The average Bonchev–Trinajstić information content (AvgIpc) is 2.72. The van der Waals surface area contributed by atoms with Crippen molar-refractivity contribution >= 4 is 41.4 Å². The van der Waals surface area contributed by atoms with Gasteiger partial charge in [-0.05, 0) is 37.3 Å². The molecule has 1 saturated heterocycles. The van der Waals surface area contributed by atoms with Crippen LogP contribution in [0.1, 0.15) is 12.5 Å². The Morgan fingerprint density at radius 2 is 1.83 bits per heavy atom. The fourth-order valence-corrected chi connectivity index (χ4v) is 3.37. The number of nitrogens with zero attached hydrogens (tertiary/aromatic N) is 5. The molecular weight excluding hydrogens is 482 g/mol. The van der Waals surface area contributed by atoms with E-state index < -0.39 is 0 Å². The van der Waals surface area contributed by atoms with Gasteiger partial charge in [-0.15, -0.1) is 24.0 Å². The molecule has 2 aromatic rings. The Morgan fingerprint density at radius 1 is 1.14 bits per heavy atom. The van der Waals surface area contributed by atoms with Gasteiger partial charge < -0.3 is 20.0 Å². The molecule has 0 aliphatic carbocycles. The van der Waals surface area contributed by atoms with Crippen molar-refractivity contribution in [2.45, 2.75) is 13.5 Å². The van der Waals surface area contributed by atoms with E-state index in [0.717, 1.165) is 55.8 Å². The summed E-state index contributed by atoms with van der Waals surface area (Å²) in [7, 11) is 3.99. The van der Waals surface area contributed by atoms with E-state index in [1.165, 1.54) is 12.1 Å². The summed E-state index contributed by atoms with van der Waals surface area (Å²) < 4.78 is 13.2. The van der Waals surface area contributed by atoms with Crippen molar-refractivity contribution < 1.29 is 4.39 Å². The predicted octanol–water partition coefficient (Wildman–Crippen LogP) is 3.19. The first-order valence-corrected chi connectivity index (χ1v) is 9.73. The molecule has 158 valence electrons. The van der Waals surface area contributed by atoms with Crippen molar-refractivity contribution in [1.29, 1.82) is 0 Å². The lowest BCUT2D eigenvalue weighted by molar-refractivity contribution is 0.372. The molecule has 1 aromatic carbocycles. The average molecular weight is 512 g/mol. The molecule has 6 nitrogen and oxygen atoms in total. The number of benzene rings is 1. The van der Waals surface area contributed by atoms with Crippen LogP contribution < -0.4 is 15.1 Å². The van der Waals surface area contributed by atoms with Gasteiger partial charge >= 0.3 is 0 Å². The molecule has 1 N–H and O–H groups in total. The molecule has 29 heavy (non-hydrogen) atoms. The summed E-state index contributed by atoms with van der Waals surface area (Å²) in [6.07, 6.45) is 1.81. The standard InChI is InChI=1S/C21H29FN6.HI/c1-4-23-21(25-16-17-6-5-11-24-20(17)26(2)3)28-14-12-27(13-15-28)19-9-7-18(22)8-10-19;/h5-11H,4,12-16H2,1-3H3,(H,23,25);1H. The first-order valence-electron chi connectivity index (χ1n) is 9.73. The Morgan fingerprint density at radius 3 is 2.45 bits per heavy atom. The van der Waals surface area contributed by atoms with Gasteiger partial charge in [-0.1, -0.05) is 6.07 Å². The maximum absolute atomic E-state index is 13.2. The summed E-state index contributed by atoms with van der Waals surface area (Å²) in [5.74, 6) is 1.68. The molecule has 1 aliphatic heterocycles. The van der Waals surface area contributed by atoms with Gasteiger partial charge in [-0.2, -0.15) is 0 Å². The molecule has 3 rings (SSSR count). The van der Waals surface area contributed by atoms with E-state index in [0.29, 0.717) is 6.54 Å². The third kappa shape index (κ3) is 6.19. The summed E-state index contributed by atoms with van der Waals surface area (Å²) in [6.45, 7) is 7.00. The normalized spacial score (nSPS) is 14.4. The van der Waals surface area contributed by atoms with Crippen molar-refractivity contribution in [3.63, 3.8) is 0 Å². The van der Waals surface area contributed by atoms with E-state index >= 15 is 0 Å². The van der Waals surface area contributed by atoms with Crippen LogP contribution in [-0.4, -0.2) is 62.7 Å². The summed E-state index contributed by atoms with van der Waals surface area (Å²) >= 11 is 0. The molecule has 8 heteroatoms. The maximum atomic E-state index is 13.2. The van der Waals surface area contributed by atoms with Crippen molar-refractivity contribution in [3.8, 4) is 0 Å². The topological polar surface area (TPSA) is 47.0 Å². The molecule has 0 spiro atoms. The predicted molar refractivity (Wildman–Crippen MR) is 129 cm³/mol. The van der Waals surface area contributed by atoms with E-state index in [-0.39, 0.29) is 29.8 Å². The summed E-state index contributed by atoms with van der Waals surface area (Å²) in [5, 5.41) is 3.41. The zero-order valence-electron chi connectivity index (χ0n) is 17.3. The Balaban J connectivity index is 0.00000300. The number of anilines is 2. The van der Waals surface area contributed by atoms with Gasteiger partial charge in [-0.3, -0.25) is 0 Å². The van der Waals surface area contributed by atoms with Crippen LogP contribution in [0, 0.1) is 5.82 Å². The van der Waals surface area contributed by atoms with Gasteiger partial charge in [0.2, 0.25) is 0 Å².